The van der Waals surface area contributed by atoms with Crippen molar-refractivity contribution in [1.29, 1.82) is 0 Å². The number of hydrogen-bond donors (Lipinski definition) is 2. The van der Waals surface area contributed by atoms with Crippen LogP contribution in [-0.2, 0) is 11.2 Å². The van der Waals surface area contributed by atoms with Gasteiger partial charge in [-0.25, -0.2) is 4.39 Å². The van der Waals surface area contributed by atoms with Crippen LogP contribution in [0.25, 0.3) is 0 Å². The number of carbonyl (C=O) groups excluding carboxylic acids is 1. The SMILES string of the molecule is Cc1ccc(NC(=O)C2NCCc3ccccc32)cc1F. The number of aryl methyl sites for hydroxylation is 1. The Morgan fingerprint density at radius 1 is 1.29 bits per heavy atom. The molecule has 21 heavy (non-hydrogen) atoms. The van der Waals surface area contributed by atoms with Crippen molar-refractivity contribution in [1.82, 2.24) is 5.32 Å². The zero-order chi connectivity index (χ0) is 14.8. The molecule has 0 fully saturated rings. The summed E-state index contributed by atoms with van der Waals surface area (Å²) in [5.74, 6) is -0.477. The lowest BCUT2D eigenvalue weighted by Gasteiger charge is -2.26. The van der Waals surface area contributed by atoms with E-state index in [4.69, 9.17) is 0 Å². The molecular formula is C17H17FN2O. The Bertz CT molecular complexity index is 684. The normalized spacial score (nSPS) is 17.1. The summed E-state index contributed by atoms with van der Waals surface area (Å²) < 4.78 is 13.5. The molecule has 1 atom stereocenters. The molecule has 0 saturated heterocycles. The maximum atomic E-state index is 13.5. The van der Waals surface area contributed by atoms with Gasteiger partial charge in [0.2, 0.25) is 5.91 Å². The largest absolute Gasteiger partial charge is 0.324 e. The third-order valence-corrected chi connectivity index (χ3v) is 3.81. The van der Waals surface area contributed by atoms with Gasteiger partial charge in [-0.15, -0.1) is 0 Å². The lowest BCUT2D eigenvalue weighted by atomic mass is 9.94. The zero-order valence-electron chi connectivity index (χ0n) is 11.8. The van der Waals surface area contributed by atoms with E-state index in [0.29, 0.717) is 11.3 Å². The molecule has 1 amide bonds. The number of hydrogen-bond acceptors (Lipinski definition) is 2. The van der Waals surface area contributed by atoms with Crippen LogP contribution in [-0.4, -0.2) is 12.5 Å². The number of anilines is 1. The standard InChI is InChI=1S/C17H17FN2O/c1-11-6-7-13(10-15(11)18)20-17(21)16-14-5-3-2-4-12(14)8-9-19-16/h2-7,10,16,19H,8-9H2,1H3,(H,20,21). The van der Waals surface area contributed by atoms with Crippen molar-refractivity contribution >= 4 is 11.6 Å². The Hall–Kier alpha value is -2.20. The Morgan fingerprint density at radius 3 is 2.90 bits per heavy atom. The molecule has 2 aromatic rings. The van der Waals surface area contributed by atoms with E-state index in [1.165, 1.54) is 11.6 Å². The fourth-order valence-electron chi connectivity index (χ4n) is 2.62. The first-order valence-corrected chi connectivity index (χ1v) is 7.03. The number of nitrogens with one attached hydrogen (secondary N) is 2. The van der Waals surface area contributed by atoms with Crippen molar-refractivity contribution in [3.63, 3.8) is 0 Å². The third-order valence-electron chi connectivity index (χ3n) is 3.81. The van der Waals surface area contributed by atoms with Gasteiger partial charge in [-0.2, -0.15) is 0 Å². The van der Waals surface area contributed by atoms with Gasteiger partial charge in [0.05, 0.1) is 0 Å². The lowest BCUT2D eigenvalue weighted by Crippen LogP contribution is -2.38. The summed E-state index contributed by atoms with van der Waals surface area (Å²) in [6.07, 6.45) is 0.916. The van der Waals surface area contributed by atoms with Crippen molar-refractivity contribution in [2.24, 2.45) is 0 Å². The van der Waals surface area contributed by atoms with Crippen molar-refractivity contribution in [3.05, 3.63) is 65.0 Å². The molecule has 0 saturated carbocycles. The molecule has 0 radical (unpaired) electrons. The van der Waals surface area contributed by atoms with Crippen LogP contribution in [0.2, 0.25) is 0 Å². The number of benzene rings is 2. The molecule has 0 aromatic heterocycles. The highest BCUT2D eigenvalue weighted by molar-refractivity contribution is 5.96. The first-order chi connectivity index (χ1) is 10.1. The number of amides is 1. The Balaban J connectivity index is 1.81. The van der Waals surface area contributed by atoms with Crippen molar-refractivity contribution in [3.8, 4) is 0 Å². The molecule has 1 unspecified atom stereocenters. The molecule has 1 aliphatic heterocycles. The Morgan fingerprint density at radius 2 is 2.10 bits per heavy atom. The number of halogens is 1. The van der Waals surface area contributed by atoms with E-state index in [9.17, 15) is 9.18 Å². The lowest BCUT2D eigenvalue weighted by molar-refractivity contribution is -0.118. The average Bonchev–Trinajstić information content (AvgIpc) is 2.50. The predicted molar refractivity (Wildman–Crippen MR) is 80.7 cm³/mol. The van der Waals surface area contributed by atoms with Crippen LogP contribution in [0, 0.1) is 12.7 Å². The second-order valence-electron chi connectivity index (χ2n) is 5.29. The van der Waals surface area contributed by atoms with Crippen molar-refractivity contribution in [2.75, 3.05) is 11.9 Å². The van der Waals surface area contributed by atoms with Crippen LogP contribution >= 0.6 is 0 Å². The minimum atomic E-state index is -0.390. The smallest absolute Gasteiger partial charge is 0.246 e. The second kappa shape index (κ2) is 5.66. The topological polar surface area (TPSA) is 41.1 Å². The minimum Gasteiger partial charge on any atom is -0.324 e. The number of rotatable bonds is 2. The fraction of sp³-hybridized carbons (Fsp3) is 0.235. The molecule has 0 aliphatic carbocycles. The van der Waals surface area contributed by atoms with E-state index in [-0.39, 0.29) is 17.8 Å². The molecule has 108 valence electrons. The van der Waals surface area contributed by atoms with Gasteiger partial charge in [0.15, 0.2) is 0 Å². The Labute approximate surface area is 123 Å². The van der Waals surface area contributed by atoms with E-state index in [2.05, 4.69) is 10.6 Å². The molecule has 4 heteroatoms. The molecule has 0 bridgehead atoms. The number of carbonyl (C=O) groups is 1. The van der Waals surface area contributed by atoms with Gasteiger partial charge in [-0.1, -0.05) is 30.3 Å². The third kappa shape index (κ3) is 2.81. The van der Waals surface area contributed by atoms with Gasteiger partial charge < -0.3 is 10.6 Å². The van der Waals surface area contributed by atoms with Crippen LogP contribution in [0.15, 0.2) is 42.5 Å². The fourth-order valence-corrected chi connectivity index (χ4v) is 2.62. The highest BCUT2D eigenvalue weighted by atomic mass is 19.1. The summed E-state index contributed by atoms with van der Waals surface area (Å²) in [5, 5.41) is 5.99. The zero-order valence-corrected chi connectivity index (χ0v) is 11.8. The van der Waals surface area contributed by atoms with Crippen LogP contribution in [0.1, 0.15) is 22.7 Å². The highest BCUT2D eigenvalue weighted by Crippen LogP contribution is 2.24. The Kier molecular flexibility index (Phi) is 3.71. The van der Waals surface area contributed by atoms with Crippen molar-refractivity contribution < 1.29 is 9.18 Å². The summed E-state index contributed by atoms with van der Waals surface area (Å²) in [7, 11) is 0. The summed E-state index contributed by atoms with van der Waals surface area (Å²) >= 11 is 0. The van der Waals surface area contributed by atoms with Gasteiger partial charge in [-0.3, -0.25) is 4.79 Å². The summed E-state index contributed by atoms with van der Waals surface area (Å²) in [6, 6.07) is 12.2. The summed E-state index contributed by atoms with van der Waals surface area (Å²) in [4.78, 5) is 12.4. The van der Waals surface area contributed by atoms with Gasteiger partial charge in [0.25, 0.3) is 0 Å². The maximum absolute atomic E-state index is 13.5. The molecule has 2 aromatic carbocycles. The summed E-state index contributed by atoms with van der Waals surface area (Å²) in [5.41, 5.74) is 3.22. The minimum absolute atomic E-state index is 0.162. The van der Waals surface area contributed by atoms with E-state index in [1.807, 2.05) is 24.3 Å². The van der Waals surface area contributed by atoms with E-state index < -0.39 is 0 Å². The predicted octanol–water partition coefficient (Wildman–Crippen LogP) is 2.96. The molecule has 3 nitrogen and oxygen atoms in total. The molecule has 1 aliphatic rings. The second-order valence-corrected chi connectivity index (χ2v) is 5.29. The molecule has 1 heterocycles. The van der Waals surface area contributed by atoms with Gasteiger partial charge in [-0.05, 0) is 42.2 Å². The quantitative estimate of drug-likeness (QED) is 0.890. The van der Waals surface area contributed by atoms with Crippen molar-refractivity contribution in [2.45, 2.75) is 19.4 Å². The molecular weight excluding hydrogens is 267 g/mol. The monoisotopic (exact) mass is 284 g/mol. The molecule has 3 rings (SSSR count). The maximum Gasteiger partial charge on any atom is 0.246 e. The van der Waals surface area contributed by atoms with Crippen LogP contribution in [0.4, 0.5) is 10.1 Å². The van der Waals surface area contributed by atoms with Crippen LogP contribution < -0.4 is 10.6 Å². The first kappa shape index (κ1) is 13.8. The van der Waals surface area contributed by atoms with Gasteiger partial charge in [0, 0.05) is 12.2 Å². The van der Waals surface area contributed by atoms with E-state index >= 15 is 0 Å². The van der Waals surface area contributed by atoms with Crippen LogP contribution in [0.3, 0.4) is 0 Å². The number of fused-ring (bicyclic) bond motifs is 1. The van der Waals surface area contributed by atoms with E-state index in [1.54, 1.807) is 19.1 Å². The van der Waals surface area contributed by atoms with Gasteiger partial charge >= 0.3 is 0 Å². The first-order valence-electron chi connectivity index (χ1n) is 7.03. The highest BCUT2D eigenvalue weighted by Gasteiger charge is 2.25. The average molecular weight is 284 g/mol. The summed E-state index contributed by atoms with van der Waals surface area (Å²) in [6.45, 7) is 2.46. The van der Waals surface area contributed by atoms with E-state index in [0.717, 1.165) is 18.5 Å². The van der Waals surface area contributed by atoms with Gasteiger partial charge in [0.1, 0.15) is 11.9 Å². The van der Waals surface area contributed by atoms with Crippen LogP contribution in [0.5, 0.6) is 0 Å². The molecule has 2 N–H and O–H groups in total. The molecule has 0 spiro atoms.